The Kier molecular flexibility index (Phi) is 7.73. The summed E-state index contributed by atoms with van der Waals surface area (Å²) >= 11 is 0. The SMILES string of the molecule is CC(C)C=C[C@@H]1[C@@H](C/C=C\CCCC(=O)O)[C@@H](O)C[C@H]1C. The largest absolute Gasteiger partial charge is 0.481 e. The Morgan fingerprint density at radius 3 is 2.67 bits per heavy atom. The maximum atomic E-state index is 10.4. The van der Waals surface area contributed by atoms with Gasteiger partial charge in [-0.15, -0.1) is 0 Å². The number of carbonyl (C=O) groups is 1. The van der Waals surface area contributed by atoms with E-state index in [-0.39, 0.29) is 12.5 Å². The molecule has 0 bridgehead atoms. The maximum absolute atomic E-state index is 10.4. The van der Waals surface area contributed by atoms with Crippen LogP contribution in [-0.4, -0.2) is 22.3 Å². The second-order valence-corrected chi connectivity index (χ2v) is 6.64. The number of allylic oxidation sites excluding steroid dienone is 4. The molecule has 0 unspecified atom stereocenters. The van der Waals surface area contributed by atoms with Gasteiger partial charge in [-0.3, -0.25) is 4.79 Å². The average Bonchev–Trinajstić information content (AvgIpc) is 2.65. The number of unbranched alkanes of at least 4 members (excludes halogenated alkanes) is 1. The van der Waals surface area contributed by atoms with Crippen molar-refractivity contribution in [3.05, 3.63) is 24.3 Å². The molecule has 3 nitrogen and oxygen atoms in total. The smallest absolute Gasteiger partial charge is 0.303 e. The number of rotatable bonds is 8. The van der Waals surface area contributed by atoms with Crippen molar-refractivity contribution < 1.29 is 15.0 Å². The van der Waals surface area contributed by atoms with E-state index < -0.39 is 5.97 Å². The molecule has 1 aliphatic carbocycles. The minimum Gasteiger partial charge on any atom is -0.481 e. The van der Waals surface area contributed by atoms with Gasteiger partial charge in [-0.2, -0.15) is 0 Å². The quantitative estimate of drug-likeness (QED) is 0.525. The summed E-state index contributed by atoms with van der Waals surface area (Å²) in [6, 6.07) is 0. The summed E-state index contributed by atoms with van der Waals surface area (Å²) in [6.07, 6.45) is 12.0. The van der Waals surface area contributed by atoms with Crippen LogP contribution >= 0.6 is 0 Å². The number of hydrogen-bond acceptors (Lipinski definition) is 2. The normalized spacial score (nSPS) is 30.0. The van der Waals surface area contributed by atoms with Crippen LogP contribution < -0.4 is 0 Å². The molecular formula is C18H30O3. The molecule has 0 radical (unpaired) electrons. The first-order valence-corrected chi connectivity index (χ1v) is 8.15. The summed E-state index contributed by atoms with van der Waals surface area (Å²) in [5.41, 5.74) is 0. The van der Waals surface area contributed by atoms with Crippen LogP contribution in [0.2, 0.25) is 0 Å². The summed E-state index contributed by atoms with van der Waals surface area (Å²) in [7, 11) is 0. The zero-order valence-electron chi connectivity index (χ0n) is 13.5. The van der Waals surface area contributed by atoms with Gasteiger partial charge in [0.15, 0.2) is 0 Å². The van der Waals surface area contributed by atoms with Crippen molar-refractivity contribution in [2.45, 2.75) is 59.0 Å². The number of carboxylic acids is 1. The van der Waals surface area contributed by atoms with Gasteiger partial charge in [-0.25, -0.2) is 0 Å². The molecular weight excluding hydrogens is 264 g/mol. The summed E-state index contributed by atoms with van der Waals surface area (Å²) in [6.45, 7) is 6.56. The first-order valence-electron chi connectivity index (χ1n) is 8.15. The molecule has 1 aliphatic rings. The van der Waals surface area contributed by atoms with E-state index >= 15 is 0 Å². The van der Waals surface area contributed by atoms with Crippen LogP contribution in [0.4, 0.5) is 0 Å². The molecule has 0 spiro atoms. The van der Waals surface area contributed by atoms with E-state index in [0.29, 0.717) is 30.1 Å². The van der Waals surface area contributed by atoms with E-state index in [1.165, 1.54) is 0 Å². The third-order valence-electron chi connectivity index (χ3n) is 4.31. The van der Waals surface area contributed by atoms with Crippen molar-refractivity contribution in [2.24, 2.45) is 23.7 Å². The van der Waals surface area contributed by atoms with Crippen LogP contribution in [0, 0.1) is 23.7 Å². The van der Waals surface area contributed by atoms with Gasteiger partial charge in [-0.05, 0) is 49.4 Å². The maximum Gasteiger partial charge on any atom is 0.303 e. The lowest BCUT2D eigenvalue weighted by molar-refractivity contribution is -0.137. The van der Waals surface area contributed by atoms with E-state index in [2.05, 4.69) is 45.1 Å². The van der Waals surface area contributed by atoms with E-state index in [1.54, 1.807) is 0 Å². The van der Waals surface area contributed by atoms with Gasteiger partial charge in [0.2, 0.25) is 0 Å². The minimum absolute atomic E-state index is 0.217. The lowest BCUT2D eigenvalue weighted by Gasteiger charge is -2.20. The Balaban J connectivity index is 2.46. The fraction of sp³-hybridized carbons (Fsp3) is 0.722. The van der Waals surface area contributed by atoms with E-state index in [0.717, 1.165) is 19.3 Å². The Bertz CT molecular complexity index is 371. The van der Waals surface area contributed by atoms with Gasteiger partial charge in [0.25, 0.3) is 0 Å². The molecule has 120 valence electrons. The second kappa shape index (κ2) is 9.04. The molecule has 0 saturated heterocycles. The van der Waals surface area contributed by atoms with Gasteiger partial charge in [0.1, 0.15) is 0 Å². The van der Waals surface area contributed by atoms with Crippen molar-refractivity contribution in [2.75, 3.05) is 0 Å². The molecule has 0 amide bonds. The molecule has 0 aromatic heterocycles. The molecule has 0 heterocycles. The number of aliphatic hydroxyl groups is 1. The lowest BCUT2D eigenvalue weighted by atomic mass is 9.86. The summed E-state index contributed by atoms with van der Waals surface area (Å²) in [5, 5.41) is 18.8. The minimum atomic E-state index is -0.734. The first-order chi connectivity index (χ1) is 9.91. The Morgan fingerprint density at radius 1 is 1.33 bits per heavy atom. The number of aliphatic hydroxyl groups excluding tert-OH is 1. The molecule has 1 fully saturated rings. The highest BCUT2D eigenvalue weighted by molar-refractivity contribution is 5.66. The van der Waals surface area contributed by atoms with Gasteiger partial charge in [-0.1, -0.05) is 45.1 Å². The van der Waals surface area contributed by atoms with Gasteiger partial charge >= 0.3 is 5.97 Å². The van der Waals surface area contributed by atoms with Crippen molar-refractivity contribution in [3.8, 4) is 0 Å². The molecule has 0 aliphatic heterocycles. The fourth-order valence-corrected chi connectivity index (χ4v) is 3.13. The number of carboxylic acid groups (broad SMARTS) is 1. The average molecular weight is 294 g/mol. The molecule has 0 aromatic carbocycles. The highest BCUT2D eigenvalue weighted by Gasteiger charge is 2.37. The molecule has 3 heteroatoms. The summed E-state index contributed by atoms with van der Waals surface area (Å²) in [4.78, 5) is 10.4. The molecule has 0 aromatic rings. The van der Waals surface area contributed by atoms with Crippen LogP contribution in [0.15, 0.2) is 24.3 Å². The van der Waals surface area contributed by atoms with E-state index in [1.807, 2.05) is 0 Å². The van der Waals surface area contributed by atoms with Crippen molar-refractivity contribution in [3.63, 3.8) is 0 Å². The van der Waals surface area contributed by atoms with E-state index in [4.69, 9.17) is 5.11 Å². The highest BCUT2D eigenvalue weighted by atomic mass is 16.4. The first kappa shape index (κ1) is 18.0. The Hall–Kier alpha value is -1.09. The zero-order chi connectivity index (χ0) is 15.8. The Labute approximate surface area is 128 Å². The number of hydrogen-bond donors (Lipinski definition) is 2. The van der Waals surface area contributed by atoms with Crippen molar-refractivity contribution >= 4 is 5.97 Å². The zero-order valence-corrected chi connectivity index (χ0v) is 13.5. The fourth-order valence-electron chi connectivity index (χ4n) is 3.13. The molecule has 1 rings (SSSR count). The highest BCUT2D eigenvalue weighted by Crippen LogP contribution is 2.40. The molecule has 4 atom stereocenters. The Morgan fingerprint density at radius 2 is 2.05 bits per heavy atom. The predicted octanol–water partition coefficient (Wildman–Crippen LogP) is 4.03. The monoisotopic (exact) mass is 294 g/mol. The van der Waals surface area contributed by atoms with Crippen LogP contribution in [0.1, 0.15) is 52.9 Å². The van der Waals surface area contributed by atoms with Crippen LogP contribution in [0.5, 0.6) is 0 Å². The van der Waals surface area contributed by atoms with Crippen molar-refractivity contribution in [1.82, 2.24) is 0 Å². The second-order valence-electron chi connectivity index (χ2n) is 6.64. The van der Waals surface area contributed by atoms with Gasteiger partial charge in [0, 0.05) is 6.42 Å². The summed E-state index contributed by atoms with van der Waals surface area (Å²) < 4.78 is 0. The number of aliphatic carboxylic acids is 1. The van der Waals surface area contributed by atoms with Crippen LogP contribution in [-0.2, 0) is 4.79 Å². The van der Waals surface area contributed by atoms with Crippen molar-refractivity contribution in [1.29, 1.82) is 0 Å². The third kappa shape index (κ3) is 6.47. The van der Waals surface area contributed by atoms with Crippen LogP contribution in [0.3, 0.4) is 0 Å². The van der Waals surface area contributed by atoms with E-state index in [9.17, 15) is 9.90 Å². The predicted molar refractivity (Wildman–Crippen MR) is 86.0 cm³/mol. The molecule has 2 N–H and O–H groups in total. The van der Waals surface area contributed by atoms with Gasteiger partial charge < -0.3 is 10.2 Å². The van der Waals surface area contributed by atoms with Crippen LogP contribution in [0.25, 0.3) is 0 Å². The van der Waals surface area contributed by atoms with Gasteiger partial charge in [0.05, 0.1) is 6.10 Å². The molecule has 1 saturated carbocycles. The standard InChI is InChI=1S/C18H30O3/c1-13(2)10-11-15-14(3)12-17(19)16(15)8-6-4-5-7-9-18(20)21/h4,6,10-11,13-17,19H,5,7-9,12H2,1-3H3,(H,20,21)/b6-4-,11-10?/t14-,15+,16-,17+/m1/s1. The third-order valence-corrected chi connectivity index (χ3v) is 4.31. The summed E-state index contributed by atoms with van der Waals surface area (Å²) in [5.74, 6) is 1.08. The lowest BCUT2D eigenvalue weighted by Crippen LogP contribution is -2.18. The molecule has 21 heavy (non-hydrogen) atoms. The topological polar surface area (TPSA) is 57.5 Å².